The predicted molar refractivity (Wildman–Crippen MR) is 116 cm³/mol. The van der Waals surface area contributed by atoms with Crippen molar-refractivity contribution in [2.45, 2.75) is 32.4 Å². The van der Waals surface area contributed by atoms with E-state index >= 15 is 0 Å². The molecule has 0 atom stereocenters. The second-order valence-corrected chi connectivity index (χ2v) is 7.49. The summed E-state index contributed by atoms with van der Waals surface area (Å²) in [6, 6.07) is 23.2. The molecule has 0 aliphatic heterocycles. The molecule has 0 unspecified atom stereocenters. The van der Waals surface area contributed by atoms with Gasteiger partial charge >= 0.3 is 6.18 Å². The molecular weight excluding hydrogens is 383 g/mol. The minimum Gasteiger partial charge on any atom is -0.248 e. The van der Waals surface area contributed by atoms with E-state index in [0.717, 1.165) is 35.7 Å². The molecule has 4 aromatic rings. The number of hydrogen-bond donors (Lipinski definition) is 0. The Hall–Kier alpha value is -3.14. The number of halogens is 3. The summed E-state index contributed by atoms with van der Waals surface area (Å²) in [6.45, 7) is 2.14. The minimum atomic E-state index is -4.43. The second-order valence-electron chi connectivity index (χ2n) is 7.49. The van der Waals surface area contributed by atoms with Crippen LogP contribution in [0.2, 0.25) is 0 Å². The Labute approximate surface area is 174 Å². The van der Waals surface area contributed by atoms with Gasteiger partial charge in [-0.05, 0) is 59.9 Å². The van der Waals surface area contributed by atoms with Crippen molar-refractivity contribution in [1.82, 2.24) is 4.98 Å². The van der Waals surface area contributed by atoms with Crippen LogP contribution in [0.15, 0.2) is 78.9 Å². The zero-order chi connectivity index (χ0) is 21.1. The lowest BCUT2D eigenvalue weighted by Gasteiger charge is -2.13. The Morgan fingerprint density at radius 3 is 2.23 bits per heavy atom. The topological polar surface area (TPSA) is 12.9 Å². The average Bonchev–Trinajstić information content (AvgIpc) is 2.77. The molecule has 0 aliphatic rings. The van der Waals surface area contributed by atoms with Crippen LogP contribution < -0.4 is 0 Å². The summed E-state index contributed by atoms with van der Waals surface area (Å²) >= 11 is 0. The molecule has 4 heteroatoms. The van der Waals surface area contributed by atoms with Crippen LogP contribution in [-0.2, 0) is 12.6 Å². The Morgan fingerprint density at radius 1 is 0.767 bits per heavy atom. The Bertz CT molecular complexity index is 1160. The Balaban J connectivity index is 1.79. The molecule has 0 N–H and O–H groups in total. The van der Waals surface area contributed by atoms with Crippen molar-refractivity contribution in [3.05, 3.63) is 90.0 Å². The summed E-state index contributed by atoms with van der Waals surface area (Å²) in [4.78, 5) is 4.58. The summed E-state index contributed by atoms with van der Waals surface area (Å²) in [5, 5.41) is 0.955. The van der Waals surface area contributed by atoms with Crippen LogP contribution >= 0.6 is 0 Å². The van der Waals surface area contributed by atoms with Gasteiger partial charge in [0, 0.05) is 10.9 Å². The normalized spacial score (nSPS) is 11.7. The third-order valence-electron chi connectivity index (χ3n) is 5.26. The summed E-state index contributed by atoms with van der Waals surface area (Å²) in [7, 11) is 0. The van der Waals surface area contributed by atoms with Crippen LogP contribution in [0.25, 0.3) is 33.3 Å². The van der Waals surface area contributed by atoms with Crippen molar-refractivity contribution in [3.63, 3.8) is 0 Å². The summed E-state index contributed by atoms with van der Waals surface area (Å²) in [5.74, 6) is 0. The molecule has 30 heavy (non-hydrogen) atoms. The van der Waals surface area contributed by atoms with E-state index < -0.39 is 11.7 Å². The third kappa shape index (κ3) is 4.38. The van der Waals surface area contributed by atoms with Gasteiger partial charge < -0.3 is 0 Å². The van der Waals surface area contributed by atoms with Crippen molar-refractivity contribution < 1.29 is 13.2 Å². The van der Waals surface area contributed by atoms with Gasteiger partial charge in [-0.15, -0.1) is 0 Å². The molecule has 0 bridgehead atoms. The number of nitrogens with zero attached hydrogens (tertiary/aromatic N) is 1. The van der Waals surface area contributed by atoms with Gasteiger partial charge in [0.05, 0.1) is 16.8 Å². The van der Waals surface area contributed by atoms with Crippen LogP contribution in [0.1, 0.15) is 30.9 Å². The molecular formula is C26H22F3N. The monoisotopic (exact) mass is 405 g/mol. The largest absolute Gasteiger partial charge is 0.416 e. The van der Waals surface area contributed by atoms with Gasteiger partial charge in [-0.3, -0.25) is 0 Å². The van der Waals surface area contributed by atoms with Crippen LogP contribution in [0.4, 0.5) is 13.2 Å². The van der Waals surface area contributed by atoms with Crippen molar-refractivity contribution in [1.29, 1.82) is 0 Å². The summed E-state index contributed by atoms with van der Waals surface area (Å²) < 4.78 is 40.8. The SMILES string of the molecule is CCCCc1ccc(-c2cc(-c3ccc4ccccc4n3)cc(C(F)(F)F)c2)cc1. The van der Waals surface area contributed by atoms with Gasteiger partial charge in [-0.25, -0.2) is 4.98 Å². The number of para-hydroxylation sites is 1. The highest BCUT2D eigenvalue weighted by Crippen LogP contribution is 2.36. The Kier molecular flexibility index (Phi) is 5.58. The molecule has 1 aromatic heterocycles. The molecule has 1 heterocycles. The van der Waals surface area contributed by atoms with E-state index in [4.69, 9.17) is 0 Å². The quantitative estimate of drug-likeness (QED) is 0.328. The van der Waals surface area contributed by atoms with Crippen molar-refractivity contribution in [3.8, 4) is 22.4 Å². The number of benzene rings is 3. The second kappa shape index (κ2) is 8.31. The maximum Gasteiger partial charge on any atom is 0.416 e. The van der Waals surface area contributed by atoms with Gasteiger partial charge in [0.2, 0.25) is 0 Å². The maximum atomic E-state index is 13.6. The highest BCUT2D eigenvalue weighted by atomic mass is 19.4. The first-order valence-electron chi connectivity index (χ1n) is 10.1. The van der Waals surface area contributed by atoms with E-state index in [9.17, 15) is 13.2 Å². The first-order chi connectivity index (χ1) is 14.4. The van der Waals surface area contributed by atoms with Crippen LogP contribution in [-0.4, -0.2) is 4.98 Å². The first-order valence-corrected chi connectivity index (χ1v) is 10.1. The smallest absolute Gasteiger partial charge is 0.248 e. The highest BCUT2D eigenvalue weighted by Gasteiger charge is 2.31. The molecule has 0 radical (unpaired) electrons. The highest BCUT2D eigenvalue weighted by molar-refractivity contribution is 5.82. The van der Waals surface area contributed by atoms with Crippen LogP contribution in [0.5, 0.6) is 0 Å². The lowest BCUT2D eigenvalue weighted by Crippen LogP contribution is -2.05. The van der Waals surface area contributed by atoms with Crippen molar-refractivity contribution in [2.75, 3.05) is 0 Å². The molecule has 0 fully saturated rings. The van der Waals surface area contributed by atoms with Gasteiger partial charge in [0.25, 0.3) is 0 Å². The van der Waals surface area contributed by atoms with E-state index in [1.54, 1.807) is 12.1 Å². The zero-order valence-corrected chi connectivity index (χ0v) is 16.7. The fraction of sp³-hybridized carbons (Fsp3) is 0.192. The maximum absolute atomic E-state index is 13.6. The molecule has 0 saturated heterocycles. The molecule has 0 amide bonds. The molecule has 0 spiro atoms. The van der Waals surface area contributed by atoms with E-state index in [0.29, 0.717) is 16.8 Å². The molecule has 0 aliphatic carbocycles. The lowest BCUT2D eigenvalue weighted by atomic mass is 9.96. The van der Waals surface area contributed by atoms with Gasteiger partial charge in [-0.1, -0.05) is 61.9 Å². The number of pyridine rings is 1. The average molecular weight is 405 g/mol. The molecule has 4 rings (SSSR count). The van der Waals surface area contributed by atoms with E-state index in [1.807, 2.05) is 54.6 Å². The fourth-order valence-electron chi connectivity index (χ4n) is 3.58. The third-order valence-corrected chi connectivity index (χ3v) is 5.26. The number of alkyl halides is 3. The molecule has 3 aromatic carbocycles. The predicted octanol–water partition coefficient (Wildman–Crippen LogP) is 7.93. The molecule has 152 valence electrons. The minimum absolute atomic E-state index is 0.459. The van der Waals surface area contributed by atoms with E-state index in [2.05, 4.69) is 11.9 Å². The van der Waals surface area contributed by atoms with Gasteiger partial charge in [0.1, 0.15) is 0 Å². The van der Waals surface area contributed by atoms with E-state index in [-0.39, 0.29) is 0 Å². The lowest BCUT2D eigenvalue weighted by molar-refractivity contribution is -0.137. The summed E-state index contributed by atoms with van der Waals surface area (Å²) in [6.07, 6.45) is -1.24. The fourth-order valence-corrected chi connectivity index (χ4v) is 3.58. The number of rotatable bonds is 5. The first kappa shape index (κ1) is 20.1. The van der Waals surface area contributed by atoms with Crippen molar-refractivity contribution >= 4 is 10.9 Å². The molecule has 1 nitrogen and oxygen atoms in total. The number of fused-ring (bicyclic) bond motifs is 1. The van der Waals surface area contributed by atoms with Crippen molar-refractivity contribution in [2.24, 2.45) is 0 Å². The van der Waals surface area contributed by atoms with Gasteiger partial charge in [0.15, 0.2) is 0 Å². The number of hydrogen-bond acceptors (Lipinski definition) is 1. The summed E-state index contributed by atoms with van der Waals surface area (Å²) in [5.41, 5.74) is 3.58. The molecule has 0 saturated carbocycles. The number of aromatic nitrogens is 1. The van der Waals surface area contributed by atoms with Gasteiger partial charge in [-0.2, -0.15) is 13.2 Å². The number of unbranched alkanes of at least 4 members (excludes halogenated alkanes) is 1. The zero-order valence-electron chi connectivity index (χ0n) is 16.7. The van der Waals surface area contributed by atoms with Crippen LogP contribution in [0, 0.1) is 0 Å². The number of aryl methyl sites for hydroxylation is 1. The van der Waals surface area contributed by atoms with Crippen LogP contribution in [0.3, 0.4) is 0 Å². The standard InChI is InChI=1S/C26H22F3N/c1-2-3-6-18-9-11-19(12-10-18)21-15-22(17-23(16-21)26(27,28)29)25-14-13-20-7-4-5-8-24(20)30-25/h4-5,7-17H,2-3,6H2,1H3. The Morgan fingerprint density at radius 2 is 1.50 bits per heavy atom. The van der Waals surface area contributed by atoms with E-state index in [1.165, 1.54) is 17.7 Å².